The molecule has 0 bridgehead atoms. The number of thiazole rings is 1. The monoisotopic (exact) mass is 434 g/mol. The van der Waals surface area contributed by atoms with Crippen molar-refractivity contribution in [3.05, 3.63) is 45.0 Å². The molecule has 0 aliphatic carbocycles. The number of hydrogen-bond donors (Lipinski definition) is 1. The van der Waals surface area contributed by atoms with Gasteiger partial charge in [0.15, 0.2) is 5.82 Å². The molecule has 2 aromatic heterocycles. The van der Waals surface area contributed by atoms with Crippen LogP contribution in [0.4, 0.5) is 0 Å². The van der Waals surface area contributed by atoms with E-state index >= 15 is 0 Å². The van der Waals surface area contributed by atoms with Gasteiger partial charge in [0.2, 0.25) is 10.8 Å². The van der Waals surface area contributed by atoms with Gasteiger partial charge in [-0.25, -0.2) is 4.98 Å². The van der Waals surface area contributed by atoms with E-state index in [1.807, 2.05) is 6.92 Å². The quantitative estimate of drug-likeness (QED) is 0.649. The Bertz CT molecular complexity index is 896. The van der Waals surface area contributed by atoms with E-state index in [1.54, 1.807) is 15.9 Å². The molecule has 3 aromatic rings. The lowest BCUT2D eigenvalue weighted by Gasteiger charge is -2.36. The third-order valence-electron chi connectivity index (χ3n) is 5.18. The van der Waals surface area contributed by atoms with E-state index in [9.17, 15) is 5.11 Å². The second-order valence-electron chi connectivity index (χ2n) is 7.04. The third kappa shape index (κ3) is 3.28. The van der Waals surface area contributed by atoms with E-state index in [-0.39, 0.29) is 11.9 Å². The first-order chi connectivity index (χ1) is 12.6. The van der Waals surface area contributed by atoms with Crippen molar-refractivity contribution >= 4 is 32.2 Å². The molecule has 1 aromatic carbocycles. The fourth-order valence-electron chi connectivity index (χ4n) is 3.58. The zero-order valence-corrected chi connectivity index (χ0v) is 17.4. The number of nitrogens with zero attached hydrogens (tertiary/aromatic N) is 4. The first kappa shape index (κ1) is 17.9. The van der Waals surface area contributed by atoms with E-state index in [2.05, 4.69) is 62.1 Å². The molecule has 4 rings (SSSR count). The number of aryl methyl sites for hydroxylation is 1. The maximum Gasteiger partial charge on any atom is 0.230 e. The van der Waals surface area contributed by atoms with Crippen LogP contribution in [-0.4, -0.2) is 37.7 Å². The van der Waals surface area contributed by atoms with Crippen LogP contribution in [0.25, 0.3) is 4.96 Å². The van der Waals surface area contributed by atoms with E-state index in [4.69, 9.17) is 0 Å². The standard InChI is InChI=1S/C19H23BrN4OS/c1-3-15-21-19-24(22-15)18(25)17(26-19)16(13-4-6-14(20)7-5-13)23-10-8-12(2)9-11-23/h4-7,12,16,25H,3,8-11H2,1-2H3. The number of halogens is 1. The summed E-state index contributed by atoms with van der Waals surface area (Å²) in [5.41, 5.74) is 1.19. The summed E-state index contributed by atoms with van der Waals surface area (Å²) in [7, 11) is 0. The van der Waals surface area contributed by atoms with Gasteiger partial charge in [0, 0.05) is 10.9 Å². The average molecular weight is 435 g/mol. The van der Waals surface area contributed by atoms with Gasteiger partial charge in [0.1, 0.15) is 0 Å². The van der Waals surface area contributed by atoms with Crippen molar-refractivity contribution in [3.63, 3.8) is 0 Å². The Kier molecular flexibility index (Phi) is 5.03. The van der Waals surface area contributed by atoms with Gasteiger partial charge in [0.25, 0.3) is 0 Å². The Hall–Kier alpha value is -1.44. The molecule has 138 valence electrons. The molecule has 26 heavy (non-hydrogen) atoms. The largest absolute Gasteiger partial charge is 0.492 e. The van der Waals surface area contributed by atoms with Crippen molar-refractivity contribution in [3.8, 4) is 5.88 Å². The minimum atomic E-state index is 0.0363. The molecule has 1 N–H and O–H groups in total. The predicted molar refractivity (Wildman–Crippen MR) is 108 cm³/mol. The van der Waals surface area contributed by atoms with Gasteiger partial charge in [-0.15, -0.1) is 5.10 Å². The molecule has 0 saturated carbocycles. The van der Waals surface area contributed by atoms with Gasteiger partial charge in [0.05, 0.1) is 10.9 Å². The number of likely N-dealkylation sites (tertiary alicyclic amines) is 1. The Morgan fingerprint density at radius 1 is 1.27 bits per heavy atom. The summed E-state index contributed by atoms with van der Waals surface area (Å²) in [5.74, 6) is 1.76. The van der Waals surface area contributed by atoms with Gasteiger partial charge in [-0.1, -0.05) is 53.2 Å². The van der Waals surface area contributed by atoms with Crippen LogP contribution >= 0.6 is 27.3 Å². The van der Waals surface area contributed by atoms with Gasteiger partial charge in [-0.2, -0.15) is 4.52 Å². The molecular weight excluding hydrogens is 412 g/mol. The molecule has 0 amide bonds. The lowest BCUT2D eigenvalue weighted by atomic mass is 9.95. The summed E-state index contributed by atoms with van der Waals surface area (Å²) in [5, 5.41) is 15.3. The molecule has 1 saturated heterocycles. The highest BCUT2D eigenvalue weighted by atomic mass is 79.9. The zero-order chi connectivity index (χ0) is 18.3. The van der Waals surface area contributed by atoms with Crippen molar-refractivity contribution in [2.75, 3.05) is 13.1 Å². The highest BCUT2D eigenvalue weighted by Crippen LogP contribution is 2.41. The highest BCUT2D eigenvalue weighted by molar-refractivity contribution is 9.10. The molecule has 0 radical (unpaired) electrons. The van der Waals surface area contributed by atoms with Crippen molar-refractivity contribution in [2.45, 2.75) is 39.2 Å². The van der Waals surface area contributed by atoms with Crippen LogP contribution in [0.5, 0.6) is 5.88 Å². The molecule has 1 atom stereocenters. The van der Waals surface area contributed by atoms with Crippen molar-refractivity contribution in [1.29, 1.82) is 0 Å². The molecule has 3 heterocycles. The first-order valence-electron chi connectivity index (χ1n) is 9.13. The van der Waals surface area contributed by atoms with E-state index < -0.39 is 0 Å². The second-order valence-corrected chi connectivity index (χ2v) is 8.96. The Morgan fingerprint density at radius 3 is 2.58 bits per heavy atom. The summed E-state index contributed by atoms with van der Waals surface area (Å²) in [6.07, 6.45) is 3.15. The number of piperidine rings is 1. The Morgan fingerprint density at radius 2 is 1.96 bits per heavy atom. The maximum atomic E-state index is 10.9. The van der Waals surface area contributed by atoms with Crippen LogP contribution in [0.15, 0.2) is 28.7 Å². The van der Waals surface area contributed by atoms with Crippen LogP contribution in [0.3, 0.4) is 0 Å². The molecule has 1 fully saturated rings. The van der Waals surface area contributed by atoms with Gasteiger partial charge in [-0.05, 0) is 49.5 Å². The fourth-order valence-corrected chi connectivity index (χ4v) is 4.98. The summed E-state index contributed by atoms with van der Waals surface area (Å²) >= 11 is 5.07. The lowest BCUT2D eigenvalue weighted by Crippen LogP contribution is -2.36. The summed E-state index contributed by atoms with van der Waals surface area (Å²) in [4.78, 5) is 8.72. The minimum Gasteiger partial charge on any atom is -0.492 e. The number of fused-ring (bicyclic) bond motifs is 1. The summed E-state index contributed by atoms with van der Waals surface area (Å²) in [6, 6.07) is 8.45. The topological polar surface area (TPSA) is 53.7 Å². The molecule has 1 aliphatic heterocycles. The van der Waals surface area contributed by atoms with Crippen molar-refractivity contribution in [2.24, 2.45) is 5.92 Å². The normalized spacial score (nSPS) is 17.8. The zero-order valence-electron chi connectivity index (χ0n) is 15.0. The smallest absolute Gasteiger partial charge is 0.230 e. The van der Waals surface area contributed by atoms with Gasteiger partial charge in [-0.3, -0.25) is 4.90 Å². The minimum absolute atomic E-state index is 0.0363. The number of aromatic nitrogens is 3. The molecule has 5 nitrogen and oxygen atoms in total. The molecule has 0 spiro atoms. The van der Waals surface area contributed by atoms with Crippen LogP contribution in [0.2, 0.25) is 0 Å². The van der Waals surface area contributed by atoms with E-state index in [0.29, 0.717) is 0 Å². The molecule has 1 unspecified atom stereocenters. The summed E-state index contributed by atoms with van der Waals surface area (Å²) in [6.45, 7) is 6.42. The van der Waals surface area contributed by atoms with Gasteiger partial charge >= 0.3 is 0 Å². The number of rotatable bonds is 4. The molecular formula is C19H23BrN4OS. The number of benzene rings is 1. The van der Waals surface area contributed by atoms with Crippen LogP contribution in [0.1, 0.15) is 49.0 Å². The second kappa shape index (κ2) is 7.29. The Balaban J connectivity index is 1.78. The molecule has 7 heteroatoms. The number of aromatic hydroxyl groups is 1. The van der Waals surface area contributed by atoms with Crippen molar-refractivity contribution < 1.29 is 5.11 Å². The SMILES string of the molecule is CCc1nc2sc(C(c3ccc(Br)cc3)N3CCC(C)CC3)c(O)n2n1. The van der Waals surface area contributed by atoms with Crippen LogP contribution in [-0.2, 0) is 6.42 Å². The average Bonchev–Trinajstić information content (AvgIpc) is 3.18. The van der Waals surface area contributed by atoms with Crippen LogP contribution in [0, 0.1) is 5.92 Å². The Labute approximate surface area is 165 Å². The summed E-state index contributed by atoms with van der Waals surface area (Å²) < 4.78 is 2.66. The first-order valence-corrected chi connectivity index (χ1v) is 10.7. The maximum absolute atomic E-state index is 10.9. The van der Waals surface area contributed by atoms with Gasteiger partial charge < -0.3 is 5.11 Å². The van der Waals surface area contributed by atoms with E-state index in [0.717, 1.165) is 45.6 Å². The van der Waals surface area contributed by atoms with Crippen molar-refractivity contribution in [1.82, 2.24) is 19.5 Å². The lowest BCUT2D eigenvalue weighted by molar-refractivity contribution is 0.157. The predicted octanol–water partition coefficient (Wildman–Crippen LogP) is 4.64. The highest BCUT2D eigenvalue weighted by Gasteiger charge is 2.31. The van der Waals surface area contributed by atoms with Crippen LogP contribution < -0.4 is 0 Å². The molecule has 1 aliphatic rings. The van der Waals surface area contributed by atoms with E-state index in [1.165, 1.54) is 18.4 Å². The fraction of sp³-hybridized carbons (Fsp3) is 0.474. The third-order valence-corrected chi connectivity index (χ3v) is 6.78. The number of hydrogen-bond acceptors (Lipinski definition) is 5.